The number of rotatable bonds is 8. The largest absolute Gasteiger partial charge is 0.311 e. The lowest BCUT2D eigenvalue weighted by Gasteiger charge is -2.38. The summed E-state index contributed by atoms with van der Waals surface area (Å²) in [4.78, 5) is 2.34. The van der Waals surface area contributed by atoms with Gasteiger partial charge in [0.25, 0.3) is 0 Å². The van der Waals surface area contributed by atoms with Crippen LogP contribution in [0.25, 0.3) is 27.8 Å². The van der Waals surface area contributed by atoms with Crippen LogP contribution >= 0.6 is 0 Å². The molecule has 0 heterocycles. The Labute approximate surface area is 275 Å². The molecule has 0 N–H and O–H groups in total. The summed E-state index contributed by atoms with van der Waals surface area (Å²) in [6.45, 7) is 6.68. The molecule has 46 heavy (non-hydrogen) atoms. The van der Waals surface area contributed by atoms with Crippen LogP contribution in [-0.2, 0) is 5.41 Å². The van der Waals surface area contributed by atoms with Crippen LogP contribution in [0.3, 0.4) is 0 Å². The minimum absolute atomic E-state index is 0.247. The van der Waals surface area contributed by atoms with Gasteiger partial charge in [-0.2, -0.15) is 0 Å². The van der Waals surface area contributed by atoms with Gasteiger partial charge in [-0.15, -0.1) is 0 Å². The van der Waals surface area contributed by atoms with Crippen molar-refractivity contribution in [3.63, 3.8) is 0 Å². The third-order valence-electron chi connectivity index (χ3n) is 10.1. The van der Waals surface area contributed by atoms with Crippen LogP contribution in [0.5, 0.6) is 0 Å². The molecule has 228 valence electrons. The molecule has 0 aliphatic heterocycles. The summed E-state index contributed by atoms with van der Waals surface area (Å²) in [5.74, 6) is 0. The molecule has 0 amide bonds. The smallest absolute Gasteiger partial charge is 0.0462 e. The van der Waals surface area contributed by atoms with Crippen LogP contribution in [0.15, 0.2) is 158 Å². The Balaban J connectivity index is 1.13. The Kier molecular flexibility index (Phi) is 8.57. The van der Waals surface area contributed by atoms with Gasteiger partial charge in [0.05, 0.1) is 0 Å². The standard InChI is InChI=1S/C45H43N/c1-3-45(32-10-11-34(2)33-45)41-26-20-38(21-27-41)40-24-30-44(31-25-40)46(42-14-8-5-9-15-42)43-28-22-39(23-29-43)37-18-16-36(17-19-37)35-12-6-4-7-13-35/h5-6,8-9,12-31H,2-4,7,10-11,32-33H2,1H3. The number of para-hydroxylation sites is 1. The molecule has 0 spiro atoms. The summed E-state index contributed by atoms with van der Waals surface area (Å²) < 4.78 is 0. The van der Waals surface area contributed by atoms with Gasteiger partial charge < -0.3 is 4.90 Å². The van der Waals surface area contributed by atoms with E-state index in [0.29, 0.717) is 0 Å². The second kappa shape index (κ2) is 13.2. The van der Waals surface area contributed by atoms with Crippen LogP contribution < -0.4 is 4.90 Å². The van der Waals surface area contributed by atoms with Gasteiger partial charge in [0, 0.05) is 17.1 Å². The highest BCUT2D eigenvalue weighted by Gasteiger charge is 2.33. The Hall–Kier alpha value is -4.88. The molecule has 1 nitrogen and oxygen atoms in total. The molecule has 5 aromatic rings. The molecular formula is C45H43N. The van der Waals surface area contributed by atoms with E-state index in [1.165, 1.54) is 70.2 Å². The Morgan fingerprint density at radius 1 is 0.609 bits per heavy atom. The Morgan fingerprint density at radius 3 is 1.65 bits per heavy atom. The Morgan fingerprint density at radius 2 is 1.13 bits per heavy atom. The molecule has 0 saturated heterocycles. The van der Waals surface area contributed by atoms with E-state index in [1.807, 2.05) is 0 Å². The van der Waals surface area contributed by atoms with Gasteiger partial charge >= 0.3 is 0 Å². The fourth-order valence-corrected chi connectivity index (χ4v) is 7.41. The molecule has 2 aliphatic carbocycles. The molecule has 0 aromatic heterocycles. The van der Waals surface area contributed by atoms with Crippen molar-refractivity contribution in [3.8, 4) is 22.3 Å². The minimum Gasteiger partial charge on any atom is -0.311 e. The van der Waals surface area contributed by atoms with Crippen molar-refractivity contribution < 1.29 is 0 Å². The lowest BCUT2D eigenvalue weighted by atomic mass is 9.66. The molecule has 1 unspecified atom stereocenters. The third kappa shape index (κ3) is 6.15. The van der Waals surface area contributed by atoms with Crippen molar-refractivity contribution >= 4 is 22.6 Å². The number of allylic oxidation sites excluding steroid dienone is 5. The average Bonchev–Trinajstić information content (AvgIpc) is 3.13. The summed E-state index contributed by atoms with van der Waals surface area (Å²) in [6, 6.07) is 46.9. The van der Waals surface area contributed by atoms with Gasteiger partial charge in [0.15, 0.2) is 0 Å². The summed E-state index contributed by atoms with van der Waals surface area (Å²) in [7, 11) is 0. The fourth-order valence-electron chi connectivity index (χ4n) is 7.41. The monoisotopic (exact) mass is 597 g/mol. The zero-order valence-corrected chi connectivity index (χ0v) is 27.0. The third-order valence-corrected chi connectivity index (χ3v) is 10.1. The molecule has 1 saturated carbocycles. The van der Waals surface area contributed by atoms with E-state index in [0.717, 1.165) is 36.3 Å². The van der Waals surface area contributed by atoms with Crippen LogP contribution in [0, 0.1) is 0 Å². The van der Waals surface area contributed by atoms with Crippen molar-refractivity contribution in [3.05, 3.63) is 169 Å². The van der Waals surface area contributed by atoms with Gasteiger partial charge in [0.1, 0.15) is 0 Å². The van der Waals surface area contributed by atoms with Gasteiger partial charge in [-0.25, -0.2) is 0 Å². The second-order valence-electron chi connectivity index (χ2n) is 13.0. The first-order valence-electron chi connectivity index (χ1n) is 16.9. The van der Waals surface area contributed by atoms with Crippen molar-refractivity contribution in [2.24, 2.45) is 0 Å². The summed E-state index contributed by atoms with van der Waals surface area (Å²) in [6.07, 6.45) is 15.1. The van der Waals surface area contributed by atoms with E-state index in [1.54, 1.807) is 0 Å². The van der Waals surface area contributed by atoms with E-state index in [9.17, 15) is 0 Å². The molecule has 1 fully saturated rings. The number of nitrogens with zero attached hydrogens (tertiary/aromatic N) is 1. The molecule has 1 heteroatoms. The van der Waals surface area contributed by atoms with E-state index in [4.69, 9.17) is 0 Å². The maximum absolute atomic E-state index is 4.34. The Bertz CT molecular complexity index is 1840. The first-order chi connectivity index (χ1) is 22.6. The summed E-state index contributed by atoms with van der Waals surface area (Å²) in [5, 5.41) is 0. The predicted molar refractivity (Wildman–Crippen MR) is 198 cm³/mol. The summed E-state index contributed by atoms with van der Waals surface area (Å²) >= 11 is 0. The van der Waals surface area contributed by atoms with Crippen LogP contribution in [0.2, 0.25) is 0 Å². The van der Waals surface area contributed by atoms with Crippen molar-refractivity contribution in [2.75, 3.05) is 4.90 Å². The fraction of sp³-hybridized carbons (Fsp3) is 0.200. The lowest BCUT2D eigenvalue weighted by Crippen LogP contribution is -2.28. The first kappa shape index (κ1) is 29.8. The van der Waals surface area contributed by atoms with Crippen molar-refractivity contribution in [1.29, 1.82) is 0 Å². The first-order valence-corrected chi connectivity index (χ1v) is 16.9. The molecule has 2 aliphatic rings. The van der Waals surface area contributed by atoms with E-state index < -0.39 is 0 Å². The second-order valence-corrected chi connectivity index (χ2v) is 13.0. The maximum Gasteiger partial charge on any atom is 0.0462 e. The molecular weight excluding hydrogens is 555 g/mol. The van der Waals surface area contributed by atoms with E-state index >= 15 is 0 Å². The minimum atomic E-state index is 0.247. The van der Waals surface area contributed by atoms with Gasteiger partial charge in [-0.3, -0.25) is 0 Å². The topological polar surface area (TPSA) is 3.24 Å². The SMILES string of the molecule is C=C1CCCC(CC)(c2ccc(-c3ccc(N(c4ccccc4)c4ccc(-c5ccc(C6=CCCC=C6)cc5)cc4)cc3)cc2)C1. The van der Waals surface area contributed by atoms with Crippen molar-refractivity contribution in [1.82, 2.24) is 0 Å². The number of anilines is 3. The predicted octanol–water partition coefficient (Wildman–Crippen LogP) is 13.0. The normalized spacial score (nSPS) is 17.8. The van der Waals surface area contributed by atoms with Crippen molar-refractivity contribution in [2.45, 2.75) is 57.3 Å². The molecule has 0 bridgehead atoms. The van der Waals surface area contributed by atoms with Gasteiger partial charge in [-0.05, 0) is 126 Å². The molecule has 0 radical (unpaired) electrons. The highest BCUT2D eigenvalue weighted by Crippen LogP contribution is 2.44. The summed E-state index contributed by atoms with van der Waals surface area (Å²) in [5.41, 5.74) is 14.1. The van der Waals surface area contributed by atoms with Crippen LogP contribution in [-0.4, -0.2) is 0 Å². The van der Waals surface area contributed by atoms with E-state index in [2.05, 4.69) is 164 Å². The lowest BCUT2D eigenvalue weighted by molar-refractivity contribution is 0.330. The average molecular weight is 598 g/mol. The quantitative estimate of drug-likeness (QED) is 0.161. The highest BCUT2D eigenvalue weighted by molar-refractivity contribution is 5.81. The zero-order valence-electron chi connectivity index (χ0n) is 27.0. The van der Waals surface area contributed by atoms with Crippen LogP contribution in [0.1, 0.15) is 63.0 Å². The zero-order chi connectivity index (χ0) is 31.3. The van der Waals surface area contributed by atoms with Gasteiger partial charge in [0.2, 0.25) is 0 Å². The number of benzene rings is 5. The highest BCUT2D eigenvalue weighted by atomic mass is 15.1. The molecule has 1 atom stereocenters. The number of hydrogen-bond acceptors (Lipinski definition) is 1. The number of hydrogen-bond donors (Lipinski definition) is 0. The molecule has 7 rings (SSSR count). The molecule has 5 aromatic carbocycles. The van der Waals surface area contributed by atoms with Gasteiger partial charge in [-0.1, -0.05) is 128 Å². The van der Waals surface area contributed by atoms with Crippen LogP contribution in [0.4, 0.5) is 17.1 Å². The maximum atomic E-state index is 4.34. The van der Waals surface area contributed by atoms with E-state index in [-0.39, 0.29) is 5.41 Å².